The largest absolute Gasteiger partial charge is 0.469 e. The summed E-state index contributed by atoms with van der Waals surface area (Å²) in [6.45, 7) is 0. The molecule has 1 aliphatic rings. The zero-order valence-corrected chi connectivity index (χ0v) is 14.5. The maximum atomic E-state index is 11.8. The number of nitrogens with one attached hydrogen (secondary N) is 1. The Kier molecular flexibility index (Phi) is 4.78. The summed E-state index contributed by atoms with van der Waals surface area (Å²) in [7, 11) is 1.26. The average Bonchev–Trinajstić information content (AvgIpc) is 2.90. The Morgan fingerprint density at radius 3 is 2.41 bits per heavy atom. The molecule has 3 rings (SSSR count). The van der Waals surface area contributed by atoms with Crippen molar-refractivity contribution in [2.75, 3.05) is 7.11 Å². The number of benzene rings is 2. The zero-order chi connectivity index (χ0) is 19.7. The predicted molar refractivity (Wildman–Crippen MR) is 92.1 cm³/mol. The van der Waals surface area contributed by atoms with Crippen molar-refractivity contribution >= 4 is 35.1 Å². The molecule has 1 aliphatic heterocycles. The van der Waals surface area contributed by atoms with Crippen LogP contribution in [0.25, 0.3) is 0 Å². The third-order valence-corrected chi connectivity index (χ3v) is 4.10. The SMILES string of the molecule is COC(=O)Cc1ccc(Oc2cc3c(cc2[N+](=O)[O-])C(=O)NC3=O)c(Cl)c1. The van der Waals surface area contributed by atoms with E-state index in [-0.39, 0.29) is 34.1 Å². The maximum Gasteiger partial charge on any atom is 0.312 e. The number of nitro groups is 1. The van der Waals surface area contributed by atoms with Crippen molar-refractivity contribution in [2.45, 2.75) is 6.42 Å². The third kappa shape index (κ3) is 3.58. The molecule has 138 valence electrons. The fourth-order valence-corrected chi connectivity index (χ4v) is 2.74. The van der Waals surface area contributed by atoms with Crippen molar-refractivity contribution in [3.63, 3.8) is 0 Å². The van der Waals surface area contributed by atoms with Gasteiger partial charge in [-0.05, 0) is 17.7 Å². The first-order valence-corrected chi connectivity index (χ1v) is 7.89. The lowest BCUT2D eigenvalue weighted by molar-refractivity contribution is -0.385. The molecule has 0 fully saturated rings. The topological polar surface area (TPSA) is 125 Å². The molecule has 1 N–H and O–H groups in total. The number of fused-ring (bicyclic) bond motifs is 1. The summed E-state index contributed by atoms with van der Waals surface area (Å²) in [4.78, 5) is 45.4. The molecular formula is C17H11ClN2O7. The molecule has 0 radical (unpaired) electrons. The summed E-state index contributed by atoms with van der Waals surface area (Å²) in [5.41, 5.74) is -0.0569. The summed E-state index contributed by atoms with van der Waals surface area (Å²) in [5.74, 6) is -2.00. The first-order chi connectivity index (χ1) is 12.8. The van der Waals surface area contributed by atoms with Crippen LogP contribution in [0.3, 0.4) is 0 Å². The molecule has 27 heavy (non-hydrogen) atoms. The highest BCUT2D eigenvalue weighted by atomic mass is 35.5. The Labute approximate surface area is 157 Å². The van der Waals surface area contributed by atoms with Crippen molar-refractivity contribution in [1.29, 1.82) is 0 Å². The van der Waals surface area contributed by atoms with Gasteiger partial charge in [-0.15, -0.1) is 0 Å². The number of esters is 1. The van der Waals surface area contributed by atoms with Crippen LogP contribution in [0.1, 0.15) is 26.3 Å². The number of methoxy groups -OCH3 is 1. The molecule has 1 heterocycles. The molecule has 0 bridgehead atoms. The maximum absolute atomic E-state index is 11.8. The lowest BCUT2D eigenvalue weighted by Crippen LogP contribution is -2.19. The van der Waals surface area contributed by atoms with Crippen LogP contribution in [0.4, 0.5) is 5.69 Å². The highest BCUT2D eigenvalue weighted by Crippen LogP contribution is 2.38. The van der Waals surface area contributed by atoms with E-state index in [1.54, 1.807) is 6.07 Å². The van der Waals surface area contributed by atoms with Crippen LogP contribution < -0.4 is 10.1 Å². The normalized spacial score (nSPS) is 12.4. The van der Waals surface area contributed by atoms with Crippen LogP contribution in [0.15, 0.2) is 30.3 Å². The number of hydrogen-bond donors (Lipinski definition) is 1. The Hall–Kier alpha value is -3.46. The molecule has 0 aromatic heterocycles. The van der Waals surface area contributed by atoms with Gasteiger partial charge in [0.25, 0.3) is 11.8 Å². The Balaban J connectivity index is 1.97. The minimum atomic E-state index is -0.731. The lowest BCUT2D eigenvalue weighted by atomic mass is 10.1. The van der Waals surface area contributed by atoms with Crippen LogP contribution in [0.2, 0.25) is 5.02 Å². The van der Waals surface area contributed by atoms with Crippen LogP contribution in [0.5, 0.6) is 11.5 Å². The number of carbonyl (C=O) groups excluding carboxylic acids is 3. The van der Waals surface area contributed by atoms with Gasteiger partial charge in [0, 0.05) is 12.1 Å². The number of hydrogen-bond acceptors (Lipinski definition) is 7. The van der Waals surface area contributed by atoms with Gasteiger partial charge >= 0.3 is 11.7 Å². The molecular weight excluding hydrogens is 380 g/mol. The third-order valence-electron chi connectivity index (χ3n) is 3.80. The molecule has 9 nitrogen and oxygen atoms in total. The van der Waals surface area contributed by atoms with Gasteiger partial charge in [-0.1, -0.05) is 17.7 Å². The second kappa shape index (κ2) is 7.04. The van der Waals surface area contributed by atoms with Gasteiger partial charge in [0.05, 0.1) is 34.6 Å². The lowest BCUT2D eigenvalue weighted by Gasteiger charge is -2.10. The molecule has 0 saturated carbocycles. The minimum absolute atomic E-state index is 0.00221. The minimum Gasteiger partial charge on any atom is -0.469 e. The summed E-state index contributed by atoms with van der Waals surface area (Å²) in [5, 5.41) is 13.5. The summed E-state index contributed by atoms with van der Waals surface area (Å²) in [6.07, 6.45) is -0.00221. The van der Waals surface area contributed by atoms with E-state index in [1.807, 2.05) is 0 Å². The van der Waals surface area contributed by atoms with Crippen LogP contribution in [0, 0.1) is 10.1 Å². The van der Waals surface area contributed by atoms with E-state index in [0.717, 1.165) is 12.1 Å². The Bertz CT molecular complexity index is 1000. The number of carbonyl (C=O) groups is 3. The van der Waals surface area contributed by atoms with Gasteiger partial charge < -0.3 is 9.47 Å². The molecule has 10 heteroatoms. The van der Waals surface area contributed by atoms with Gasteiger partial charge in [-0.2, -0.15) is 0 Å². The molecule has 2 aromatic rings. The van der Waals surface area contributed by atoms with E-state index in [9.17, 15) is 24.5 Å². The van der Waals surface area contributed by atoms with Crippen LogP contribution in [-0.4, -0.2) is 29.8 Å². The summed E-state index contributed by atoms with van der Waals surface area (Å²) < 4.78 is 10.1. The smallest absolute Gasteiger partial charge is 0.312 e. The van der Waals surface area contributed by atoms with E-state index in [4.69, 9.17) is 16.3 Å². The number of ether oxygens (including phenoxy) is 2. The van der Waals surface area contributed by atoms with Crippen LogP contribution >= 0.6 is 11.6 Å². The number of nitro benzene ring substituents is 1. The van der Waals surface area contributed by atoms with E-state index >= 15 is 0 Å². The standard InChI is InChI=1S/C17H11ClN2O7/c1-26-15(21)5-8-2-3-13(11(18)4-8)27-14-7-10-9(6-12(14)20(24)25)16(22)19-17(10)23/h2-4,6-7H,5H2,1H3,(H,19,22,23). The van der Waals surface area contributed by atoms with Crippen molar-refractivity contribution < 1.29 is 28.8 Å². The first-order valence-electron chi connectivity index (χ1n) is 7.51. The van der Waals surface area contributed by atoms with E-state index in [0.29, 0.717) is 5.56 Å². The zero-order valence-electron chi connectivity index (χ0n) is 13.8. The second-order valence-corrected chi connectivity index (χ2v) is 5.93. The summed E-state index contributed by atoms with van der Waals surface area (Å²) >= 11 is 6.13. The molecule has 0 spiro atoms. The Morgan fingerprint density at radius 2 is 1.81 bits per heavy atom. The van der Waals surface area contributed by atoms with Crippen molar-refractivity contribution in [2.24, 2.45) is 0 Å². The monoisotopic (exact) mass is 390 g/mol. The highest BCUT2D eigenvalue weighted by molar-refractivity contribution is 6.32. The highest BCUT2D eigenvalue weighted by Gasteiger charge is 2.32. The second-order valence-electron chi connectivity index (χ2n) is 5.53. The van der Waals surface area contributed by atoms with Gasteiger partial charge in [-0.3, -0.25) is 29.8 Å². The molecule has 2 amide bonds. The summed E-state index contributed by atoms with van der Waals surface area (Å²) in [6, 6.07) is 6.54. The van der Waals surface area contributed by atoms with Crippen molar-refractivity contribution in [3.05, 3.63) is 62.2 Å². The number of nitrogens with zero attached hydrogens (tertiary/aromatic N) is 1. The van der Waals surface area contributed by atoms with E-state index in [2.05, 4.69) is 10.1 Å². The van der Waals surface area contributed by atoms with E-state index in [1.165, 1.54) is 19.2 Å². The Morgan fingerprint density at radius 1 is 1.15 bits per heavy atom. The first kappa shape index (κ1) is 18.3. The molecule has 2 aromatic carbocycles. The van der Waals surface area contributed by atoms with Gasteiger partial charge in [0.2, 0.25) is 5.75 Å². The van der Waals surface area contributed by atoms with Crippen molar-refractivity contribution in [3.8, 4) is 11.5 Å². The number of amides is 2. The molecule has 0 aliphatic carbocycles. The van der Waals surface area contributed by atoms with Gasteiger partial charge in [0.15, 0.2) is 0 Å². The fourth-order valence-electron chi connectivity index (χ4n) is 2.50. The van der Waals surface area contributed by atoms with Gasteiger partial charge in [-0.25, -0.2) is 0 Å². The fraction of sp³-hybridized carbons (Fsp3) is 0.118. The predicted octanol–water partition coefficient (Wildman–Crippen LogP) is 2.64. The quantitative estimate of drug-likeness (QED) is 0.360. The molecule has 0 atom stereocenters. The average molecular weight is 391 g/mol. The molecule has 0 saturated heterocycles. The van der Waals surface area contributed by atoms with E-state index < -0.39 is 28.4 Å². The number of rotatable bonds is 5. The van der Waals surface area contributed by atoms with Gasteiger partial charge in [0.1, 0.15) is 5.75 Å². The molecule has 0 unspecified atom stereocenters. The van der Waals surface area contributed by atoms with Crippen LogP contribution in [-0.2, 0) is 16.0 Å². The van der Waals surface area contributed by atoms with Crippen molar-refractivity contribution in [1.82, 2.24) is 5.32 Å². The number of imide groups is 1. The number of halogens is 1.